The Labute approximate surface area is 110 Å². The van der Waals surface area contributed by atoms with Gasteiger partial charge in [0.1, 0.15) is 6.61 Å². The second-order valence-electron chi connectivity index (χ2n) is 3.67. The van der Waals surface area contributed by atoms with Crippen LogP contribution in [0.3, 0.4) is 0 Å². The third kappa shape index (κ3) is 7.02. The summed E-state index contributed by atoms with van der Waals surface area (Å²) < 4.78 is 4.97. The summed E-state index contributed by atoms with van der Waals surface area (Å²) in [6.07, 6.45) is -0.543. The lowest BCUT2D eigenvalue weighted by molar-refractivity contribution is -0.121. The number of carbonyl (C=O) groups excluding carboxylic acids is 2. The number of nitrogens with one attached hydrogen (secondary N) is 3. The van der Waals surface area contributed by atoms with Gasteiger partial charge in [0.2, 0.25) is 5.91 Å². The Balaban J connectivity index is 2.07. The topological polar surface area (TPSA) is 99.7 Å². The van der Waals surface area contributed by atoms with Gasteiger partial charge in [0.15, 0.2) is 0 Å². The Hall–Kier alpha value is -2.12. The molecule has 0 aliphatic carbocycles. The molecule has 0 saturated carbocycles. The van der Waals surface area contributed by atoms with Crippen molar-refractivity contribution in [3.63, 3.8) is 0 Å². The maximum atomic E-state index is 11.3. The number of carbonyl (C=O) groups is 2. The number of benzene rings is 1. The molecule has 0 unspecified atom stereocenters. The minimum absolute atomic E-state index is 0.182. The zero-order valence-corrected chi connectivity index (χ0v) is 10.4. The molecule has 0 bridgehead atoms. The molecule has 1 aromatic carbocycles. The third-order valence-corrected chi connectivity index (χ3v) is 2.17. The predicted molar refractivity (Wildman–Crippen MR) is 67.4 cm³/mol. The molecule has 0 aliphatic heterocycles. The van der Waals surface area contributed by atoms with E-state index in [-0.39, 0.29) is 32.1 Å². The van der Waals surface area contributed by atoms with Gasteiger partial charge in [-0.05, 0) is 5.56 Å². The zero-order chi connectivity index (χ0) is 13.9. The van der Waals surface area contributed by atoms with E-state index in [9.17, 15) is 9.59 Å². The van der Waals surface area contributed by atoms with Crippen LogP contribution in [0.15, 0.2) is 30.3 Å². The molecule has 104 valence electrons. The Morgan fingerprint density at radius 2 is 1.79 bits per heavy atom. The lowest BCUT2D eigenvalue weighted by Gasteiger charge is -2.07. The number of hydroxylamine groups is 1. The van der Waals surface area contributed by atoms with Crippen molar-refractivity contribution in [1.29, 1.82) is 0 Å². The first-order valence-corrected chi connectivity index (χ1v) is 5.80. The molecule has 0 radical (unpaired) electrons. The Morgan fingerprint density at radius 3 is 2.47 bits per heavy atom. The first-order chi connectivity index (χ1) is 9.22. The highest BCUT2D eigenvalue weighted by Crippen LogP contribution is 2.00. The van der Waals surface area contributed by atoms with Crippen LogP contribution in [0.25, 0.3) is 0 Å². The van der Waals surface area contributed by atoms with Crippen LogP contribution in [0.1, 0.15) is 5.56 Å². The van der Waals surface area contributed by atoms with E-state index in [0.717, 1.165) is 5.56 Å². The quantitative estimate of drug-likeness (QED) is 0.412. The second kappa shape index (κ2) is 8.90. The van der Waals surface area contributed by atoms with Gasteiger partial charge in [-0.15, -0.1) is 0 Å². The van der Waals surface area contributed by atoms with Gasteiger partial charge in [0, 0.05) is 13.1 Å². The first kappa shape index (κ1) is 14.9. The van der Waals surface area contributed by atoms with Crippen molar-refractivity contribution in [2.24, 2.45) is 0 Å². The molecule has 0 aromatic heterocycles. The second-order valence-corrected chi connectivity index (χ2v) is 3.67. The zero-order valence-electron chi connectivity index (χ0n) is 10.4. The van der Waals surface area contributed by atoms with Gasteiger partial charge in [0.05, 0.1) is 6.54 Å². The highest BCUT2D eigenvalue weighted by molar-refractivity contribution is 5.77. The molecule has 0 heterocycles. The van der Waals surface area contributed by atoms with Crippen LogP contribution in [0, 0.1) is 0 Å². The summed E-state index contributed by atoms with van der Waals surface area (Å²) in [7, 11) is 0. The molecule has 4 N–H and O–H groups in total. The fourth-order valence-electron chi connectivity index (χ4n) is 1.27. The van der Waals surface area contributed by atoms with Gasteiger partial charge in [-0.25, -0.2) is 4.79 Å². The fraction of sp³-hybridized carbons (Fsp3) is 0.333. The summed E-state index contributed by atoms with van der Waals surface area (Å²) in [5.41, 5.74) is 2.63. The fourth-order valence-corrected chi connectivity index (χ4v) is 1.27. The Morgan fingerprint density at radius 1 is 1.11 bits per heavy atom. The summed E-state index contributed by atoms with van der Waals surface area (Å²) in [5.74, 6) is -0.359. The van der Waals surface area contributed by atoms with Crippen LogP contribution in [0.4, 0.5) is 4.79 Å². The van der Waals surface area contributed by atoms with Crippen LogP contribution >= 0.6 is 0 Å². The maximum absolute atomic E-state index is 11.3. The number of ether oxygens (including phenoxy) is 1. The van der Waals surface area contributed by atoms with Crippen LogP contribution in [-0.4, -0.2) is 36.8 Å². The molecule has 0 aliphatic rings. The highest BCUT2D eigenvalue weighted by Gasteiger charge is 2.02. The SMILES string of the molecule is O=C(CNO)NCCNC(=O)OCc1ccccc1. The number of hydrogen-bond donors (Lipinski definition) is 4. The molecular weight excluding hydrogens is 250 g/mol. The smallest absolute Gasteiger partial charge is 0.407 e. The molecule has 7 nitrogen and oxygen atoms in total. The van der Waals surface area contributed by atoms with Crippen molar-refractivity contribution < 1.29 is 19.5 Å². The van der Waals surface area contributed by atoms with Crippen molar-refractivity contribution in [1.82, 2.24) is 16.1 Å². The Kier molecular flexibility index (Phi) is 7.00. The summed E-state index contributed by atoms with van der Waals surface area (Å²) in [5, 5.41) is 13.2. The highest BCUT2D eigenvalue weighted by atomic mass is 16.5. The molecule has 2 amide bonds. The van der Waals surface area contributed by atoms with Crippen molar-refractivity contribution in [3.8, 4) is 0 Å². The monoisotopic (exact) mass is 267 g/mol. The van der Waals surface area contributed by atoms with E-state index < -0.39 is 6.09 Å². The van der Waals surface area contributed by atoms with Gasteiger partial charge >= 0.3 is 6.09 Å². The van der Waals surface area contributed by atoms with Crippen LogP contribution in [0.5, 0.6) is 0 Å². The van der Waals surface area contributed by atoms with E-state index >= 15 is 0 Å². The van der Waals surface area contributed by atoms with E-state index in [4.69, 9.17) is 9.94 Å². The van der Waals surface area contributed by atoms with Crippen molar-refractivity contribution >= 4 is 12.0 Å². The first-order valence-electron chi connectivity index (χ1n) is 5.80. The Bertz CT molecular complexity index is 397. The molecular formula is C12H17N3O4. The summed E-state index contributed by atoms with van der Waals surface area (Å²) in [6.45, 7) is 0.539. The molecule has 0 fully saturated rings. The summed E-state index contributed by atoms with van der Waals surface area (Å²) in [6, 6.07) is 9.32. The molecule has 0 saturated heterocycles. The van der Waals surface area contributed by atoms with Gasteiger partial charge in [-0.2, -0.15) is 5.48 Å². The van der Waals surface area contributed by atoms with E-state index in [1.807, 2.05) is 30.3 Å². The third-order valence-electron chi connectivity index (χ3n) is 2.17. The summed E-state index contributed by atoms with van der Waals surface area (Å²) in [4.78, 5) is 22.2. The largest absolute Gasteiger partial charge is 0.445 e. The van der Waals surface area contributed by atoms with E-state index in [1.54, 1.807) is 5.48 Å². The van der Waals surface area contributed by atoms with E-state index in [2.05, 4.69) is 10.6 Å². The average Bonchev–Trinajstić information content (AvgIpc) is 2.43. The summed E-state index contributed by atoms with van der Waals surface area (Å²) >= 11 is 0. The number of amides is 2. The average molecular weight is 267 g/mol. The van der Waals surface area contributed by atoms with Crippen LogP contribution < -0.4 is 16.1 Å². The minimum atomic E-state index is -0.543. The number of hydrogen-bond acceptors (Lipinski definition) is 5. The normalized spacial score (nSPS) is 9.74. The van der Waals surface area contributed by atoms with Crippen molar-refractivity contribution in [2.45, 2.75) is 6.61 Å². The van der Waals surface area contributed by atoms with Crippen molar-refractivity contribution in [3.05, 3.63) is 35.9 Å². The number of rotatable bonds is 7. The molecule has 1 aromatic rings. The lowest BCUT2D eigenvalue weighted by Crippen LogP contribution is -2.38. The lowest BCUT2D eigenvalue weighted by atomic mass is 10.2. The van der Waals surface area contributed by atoms with E-state index in [0.29, 0.717) is 0 Å². The predicted octanol–water partition coefficient (Wildman–Crippen LogP) is 0.00780. The van der Waals surface area contributed by atoms with Gasteiger partial charge in [0.25, 0.3) is 0 Å². The van der Waals surface area contributed by atoms with Crippen LogP contribution in [-0.2, 0) is 16.1 Å². The standard InChI is InChI=1S/C12H17N3O4/c16-11(8-15-18)13-6-7-14-12(17)19-9-10-4-2-1-3-5-10/h1-5,15,18H,6-9H2,(H,13,16)(H,14,17). The molecule has 0 spiro atoms. The minimum Gasteiger partial charge on any atom is -0.445 e. The van der Waals surface area contributed by atoms with Gasteiger partial charge in [-0.3, -0.25) is 4.79 Å². The van der Waals surface area contributed by atoms with E-state index in [1.165, 1.54) is 0 Å². The van der Waals surface area contributed by atoms with Crippen LogP contribution in [0.2, 0.25) is 0 Å². The van der Waals surface area contributed by atoms with Crippen molar-refractivity contribution in [2.75, 3.05) is 19.6 Å². The molecule has 0 atom stereocenters. The van der Waals surface area contributed by atoms with Gasteiger partial charge < -0.3 is 20.6 Å². The maximum Gasteiger partial charge on any atom is 0.407 e. The molecule has 7 heteroatoms. The number of alkyl carbamates (subject to hydrolysis) is 1. The molecule has 1 rings (SSSR count). The molecule has 19 heavy (non-hydrogen) atoms. The van der Waals surface area contributed by atoms with Gasteiger partial charge in [-0.1, -0.05) is 30.3 Å².